The number of nitrogen functional groups attached to an aromatic ring is 1. The van der Waals surface area contributed by atoms with E-state index in [4.69, 9.17) is 15.2 Å². The molecule has 2 N–H and O–H groups in total. The van der Waals surface area contributed by atoms with Crippen molar-refractivity contribution in [1.82, 2.24) is 19.5 Å². The first-order chi connectivity index (χ1) is 11.7. The number of aromatic nitrogens is 4. The van der Waals surface area contributed by atoms with Gasteiger partial charge in [-0.1, -0.05) is 18.7 Å². The number of aryl methyl sites for hydroxylation is 1. The van der Waals surface area contributed by atoms with Crippen molar-refractivity contribution in [1.29, 1.82) is 0 Å². The number of nitrogens with zero attached hydrogens (tertiary/aromatic N) is 4. The normalized spacial score (nSPS) is 12.9. The van der Waals surface area contributed by atoms with Crippen LogP contribution in [0, 0.1) is 0 Å². The van der Waals surface area contributed by atoms with Crippen LogP contribution in [0.25, 0.3) is 11.2 Å². The molecule has 0 saturated carbocycles. The van der Waals surface area contributed by atoms with Crippen LogP contribution in [-0.4, -0.2) is 26.3 Å². The first-order valence-electron chi connectivity index (χ1n) is 7.41. The Morgan fingerprint density at radius 3 is 2.88 bits per heavy atom. The minimum Gasteiger partial charge on any atom is -0.454 e. The summed E-state index contributed by atoms with van der Waals surface area (Å²) in [7, 11) is 0. The van der Waals surface area contributed by atoms with Gasteiger partial charge < -0.3 is 19.8 Å². The second-order valence-electron chi connectivity index (χ2n) is 5.22. The van der Waals surface area contributed by atoms with Crippen molar-refractivity contribution in [3.63, 3.8) is 0 Å². The molecule has 2 aromatic heterocycles. The minimum atomic E-state index is 0.246. The molecular weight excluding hydrogens is 394 g/mol. The maximum Gasteiger partial charge on any atom is 0.231 e. The molecular formula is C15H14BrN5O2S. The first-order valence-corrected chi connectivity index (χ1v) is 9.02. The molecule has 0 unspecified atom stereocenters. The molecule has 7 nitrogen and oxygen atoms in total. The predicted octanol–water partition coefficient (Wildman–Crippen LogP) is 3.46. The number of rotatable bonds is 4. The van der Waals surface area contributed by atoms with Gasteiger partial charge in [0.2, 0.25) is 6.79 Å². The monoisotopic (exact) mass is 407 g/mol. The lowest BCUT2D eigenvalue weighted by molar-refractivity contribution is 0.174. The molecule has 1 aromatic carbocycles. The standard InChI is InChI=1S/C15H14BrN5O2S/c1-2-3-21-14-12(13(17)18-6-19-14)20-15(21)24-11-5-10-9(4-8(11)16)22-7-23-10/h4-6H,2-3,7H2,1H3,(H2,17,18,19). The topological polar surface area (TPSA) is 88.1 Å². The molecule has 3 aromatic rings. The van der Waals surface area contributed by atoms with E-state index in [1.165, 1.54) is 18.1 Å². The minimum absolute atomic E-state index is 0.246. The average molecular weight is 408 g/mol. The van der Waals surface area contributed by atoms with Gasteiger partial charge in [-0.2, -0.15) is 0 Å². The highest BCUT2D eigenvalue weighted by Crippen LogP contribution is 2.43. The Morgan fingerprint density at radius 1 is 1.29 bits per heavy atom. The molecule has 124 valence electrons. The van der Waals surface area contributed by atoms with Gasteiger partial charge in [0.15, 0.2) is 33.6 Å². The van der Waals surface area contributed by atoms with Gasteiger partial charge in [-0.05, 0) is 34.5 Å². The number of imidazole rings is 1. The van der Waals surface area contributed by atoms with Gasteiger partial charge in [-0.25, -0.2) is 15.0 Å². The van der Waals surface area contributed by atoms with E-state index < -0.39 is 0 Å². The summed E-state index contributed by atoms with van der Waals surface area (Å²) in [5, 5.41) is 0.818. The third-order valence-electron chi connectivity index (χ3n) is 3.60. The second kappa shape index (κ2) is 6.14. The lowest BCUT2D eigenvalue weighted by Crippen LogP contribution is -2.00. The van der Waals surface area contributed by atoms with E-state index in [-0.39, 0.29) is 6.79 Å². The van der Waals surface area contributed by atoms with Gasteiger partial charge in [-0.15, -0.1) is 0 Å². The number of halogens is 1. The van der Waals surface area contributed by atoms with Crippen molar-refractivity contribution in [2.24, 2.45) is 0 Å². The molecule has 0 amide bonds. The fourth-order valence-corrected chi connectivity index (χ4v) is 4.02. The Labute approximate surface area is 150 Å². The average Bonchev–Trinajstić information content (AvgIpc) is 3.14. The van der Waals surface area contributed by atoms with Crippen LogP contribution >= 0.6 is 27.7 Å². The van der Waals surface area contributed by atoms with Crippen molar-refractivity contribution in [3.05, 3.63) is 22.9 Å². The Hall–Kier alpha value is -2.00. The highest BCUT2D eigenvalue weighted by Gasteiger charge is 2.20. The molecule has 3 heterocycles. The van der Waals surface area contributed by atoms with Crippen LogP contribution in [0.2, 0.25) is 0 Å². The summed E-state index contributed by atoms with van der Waals surface area (Å²) < 4.78 is 13.8. The van der Waals surface area contributed by atoms with Crippen molar-refractivity contribution >= 4 is 44.7 Å². The van der Waals surface area contributed by atoms with Crippen molar-refractivity contribution in [2.75, 3.05) is 12.5 Å². The fraction of sp³-hybridized carbons (Fsp3) is 0.267. The summed E-state index contributed by atoms with van der Waals surface area (Å²) in [5.74, 6) is 1.86. The molecule has 0 fully saturated rings. The van der Waals surface area contributed by atoms with E-state index in [9.17, 15) is 0 Å². The van der Waals surface area contributed by atoms with Gasteiger partial charge in [-0.3, -0.25) is 0 Å². The first kappa shape index (κ1) is 15.5. The smallest absolute Gasteiger partial charge is 0.231 e. The maximum atomic E-state index is 5.95. The molecule has 0 atom stereocenters. The summed E-state index contributed by atoms with van der Waals surface area (Å²) in [6.45, 7) is 3.16. The summed E-state index contributed by atoms with van der Waals surface area (Å²) in [6.07, 6.45) is 2.43. The van der Waals surface area contributed by atoms with Crippen LogP contribution in [0.3, 0.4) is 0 Å². The lowest BCUT2D eigenvalue weighted by atomic mass is 10.3. The number of nitrogens with two attached hydrogens (primary N) is 1. The van der Waals surface area contributed by atoms with Crippen LogP contribution in [0.1, 0.15) is 13.3 Å². The number of hydrogen-bond donors (Lipinski definition) is 1. The molecule has 0 bridgehead atoms. The summed E-state index contributed by atoms with van der Waals surface area (Å²) >= 11 is 5.11. The molecule has 24 heavy (non-hydrogen) atoms. The Morgan fingerprint density at radius 2 is 2.08 bits per heavy atom. The van der Waals surface area contributed by atoms with Gasteiger partial charge in [0, 0.05) is 15.9 Å². The molecule has 0 aliphatic carbocycles. The van der Waals surface area contributed by atoms with Crippen LogP contribution < -0.4 is 15.2 Å². The van der Waals surface area contributed by atoms with Crippen LogP contribution in [-0.2, 0) is 6.54 Å². The molecule has 4 rings (SSSR count). The Kier molecular flexibility index (Phi) is 3.97. The van der Waals surface area contributed by atoms with Crippen LogP contribution in [0.15, 0.2) is 33.0 Å². The summed E-state index contributed by atoms with van der Waals surface area (Å²) in [6, 6.07) is 3.85. The van der Waals surface area contributed by atoms with Gasteiger partial charge in [0.1, 0.15) is 6.33 Å². The third kappa shape index (κ3) is 2.57. The molecule has 0 saturated heterocycles. The van der Waals surface area contributed by atoms with E-state index in [1.807, 2.05) is 12.1 Å². The lowest BCUT2D eigenvalue weighted by Gasteiger charge is -2.08. The van der Waals surface area contributed by atoms with Gasteiger partial charge >= 0.3 is 0 Å². The molecule has 1 aliphatic heterocycles. The van der Waals surface area contributed by atoms with E-state index in [2.05, 4.69) is 42.4 Å². The maximum absolute atomic E-state index is 5.95. The van der Waals surface area contributed by atoms with Crippen molar-refractivity contribution < 1.29 is 9.47 Å². The second-order valence-corrected chi connectivity index (χ2v) is 7.08. The fourth-order valence-electron chi connectivity index (χ4n) is 2.51. The zero-order valence-corrected chi connectivity index (χ0v) is 15.2. The Bertz CT molecular complexity index is 930. The van der Waals surface area contributed by atoms with E-state index >= 15 is 0 Å². The number of anilines is 1. The summed E-state index contributed by atoms with van der Waals surface area (Å²) in [5.41, 5.74) is 7.33. The molecule has 1 aliphatic rings. The number of hydrogen-bond acceptors (Lipinski definition) is 7. The highest BCUT2D eigenvalue weighted by molar-refractivity contribution is 9.10. The molecule has 0 spiro atoms. The van der Waals surface area contributed by atoms with E-state index in [0.29, 0.717) is 11.3 Å². The van der Waals surface area contributed by atoms with Crippen molar-refractivity contribution in [2.45, 2.75) is 29.9 Å². The number of ether oxygens (including phenoxy) is 2. The highest BCUT2D eigenvalue weighted by atomic mass is 79.9. The van der Waals surface area contributed by atoms with Crippen LogP contribution in [0.4, 0.5) is 5.82 Å². The summed E-state index contributed by atoms with van der Waals surface area (Å²) in [4.78, 5) is 14.0. The third-order valence-corrected chi connectivity index (χ3v) is 5.57. The molecule has 0 radical (unpaired) electrons. The SMILES string of the molecule is CCCn1c(Sc2cc3c(cc2Br)OCO3)nc2c(N)ncnc21. The van der Waals surface area contributed by atoms with Crippen LogP contribution in [0.5, 0.6) is 11.5 Å². The zero-order chi connectivity index (χ0) is 16.7. The van der Waals surface area contributed by atoms with Gasteiger partial charge in [0.05, 0.1) is 0 Å². The zero-order valence-electron chi connectivity index (χ0n) is 12.8. The Balaban J connectivity index is 1.80. The molecule has 9 heteroatoms. The van der Waals surface area contributed by atoms with E-state index in [1.54, 1.807) is 0 Å². The number of benzene rings is 1. The number of fused-ring (bicyclic) bond motifs is 2. The quantitative estimate of drug-likeness (QED) is 0.707. The van der Waals surface area contributed by atoms with Crippen molar-refractivity contribution in [3.8, 4) is 11.5 Å². The predicted molar refractivity (Wildman–Crippen MR) is 94.4 cm³/mol. The van der Waals surface area contributed by atoms with Gasteiger partial charge in [0.25, 0.3) is 0 Å². The largest absolute Gasteiger partial charge is 0.454 e. The van der Waals surface area contributed by atoms with E-state index in [0.717, 1.165) is 44.6 Å².